The minimum absolute atomic E-state index is 0.0744. The van der Waals surface area contributed by atoms with Crippen molar-refractivity contribution < 1.29 is 13.2 Å². The normalized spacial score (nSPS) is 12.2. The molecule has 0 atom stereocenters. The lowest BCUT2D eigenvalue weighted by Gasteiger charge is -2.19. The average molecular weight is 420 g/mol. The molecule has 4 rings (SSSR count). The molecule has 0 radical (unpaired) electrons. The number of benzene rings is 3. The largest absolute Gasteiger partial charge is 0.417 e. The van der Waals surface area contributed by atoms with Crippen molar-refractivity contribution in [1.29, 1.82) is 0 Å². The molecule has 1 heterocycles. The maximum atomic E-state index is 13.4. The van der Waals surface area contributed by atoms with Crippen molar-refractivity contribution in [2.75, 3.05) is 5.32 Å². The van der Waals surface area contributed by atoms with E-state index in [1.54, 1.807) is 24.4 Å². The predicted octanol–water partition coefficient (Wildman–Crippen LogP) is 7.96. The summed E-state index contributed by atoms with van der Waals surface area (Å²) in [6.45, 7) is 6.50. The second-order valence-electron chi connectivity index (χ2n) is 8.59. The van der Waals surface area contributed by atoms with Gasteiger partial charge in [-0.15, -0.1) is 0 Å². The fraction of sp³-hybridized carbons (Fsp3) is 0.192. The standard InChI is InChI=1S/C26H23F3N2/c1-25(2,3)18-9-11-19(12-10-18)31-23-14-15-30-24-16-17(8-13-21(23)24)20-6-4-5-7-22(20)26(27,28)29/h4-16H,1-3H3,(H,30,31). The molecular weight excluding hydrogens is 397 g/mol. The van der Waals surface area contributed by atoms with Gasteiger partial charge in [0.1, 0.15) is 0 Å². The van der Waals surface area contributed by atoms with Gasteiger partial charge in [0.25, 0.3) is 0 Å². The number of alkyl halides is 3. The van der Waals surface area contributed by atoms with Gasteiger partial charge in [0, 0.05) is 23.0 Å². The molecule has 0 aliphatic carbocycles. The van der Waals surface area contributed by atoms with Crippen molar-refractivity contribution in [2.45, 2.75) is 32.4 Å². The highest BCUT2D eigenvalue weighted by Gasteiger charge is 2.33. The van der Waals surface area contributed by atoms with E-state index >= 15 is 0 Å². The molecule has 158 valence electrons. The van der Waals surface area contributed by atoms with E-state index in [2.05, 4.69) is 43.2 Å². The van der Waals surface area contributed by atoms with E-state index in [4.69, 9.17) is 0 Å². The van der Waals surface area contributed by atoms with Gasteiger partial charge < -0.3 is 5.32 Å². The van der Waals surface area contributed by atoms with Crippen molar-refractivity contribution in [1.82, 2.24) is 4.98 Å². The minimum Gasteiger partial charge on any atom is -0.355 e. The first kappa shape index (κ1) is 20.9. The van der Waals surface area contributed by atoms with E-state index in [1.165, 1.54) is 17.7 Å². The van der Waals surface area contributed by atoms with Gasteiger partial charge in [0.15, 0.2) is 0 Å². The van der Waals surface area contributed by atoms with Gasteiger partial charge in [-0.25, -0.2) is 0 Å². The number of halogens is 3. The van der Waals surface area contributed by atoms with Gasteiger partial charge in [0.2, 0.25) is 0 Å². The van der Waals surface area contributed by atoms with Crippen LogP contribution >= 0.6 is 0 Å². The molecule has 0 aliphatic heterocycles. The molecule has 1 N–H and O–H groups in total. The van der Waals surface area contributed by atoms with Crippen LogP contribution in [0.5, 0.6) is 0 Å². The molecule has 0 fully saturated rings. The summed E-state index contributed by atoms with van der Waals surface area (Å²) in [7, 11) is 0. The van der Waals surface area contributed by atoms with Crippen molar-refractivity contribution in [2.24, 2.45) is 0 Å². The minimum atomic E-state index is -4.42. The van der Waals surface area contributed by atoms with Crippen LogP contribution in [-0.2, 0) is 11.6 Å². The Morgan fingerprint density at radius 1 is 0.806 bits per heavy atom. The predicted molar refractivity (Wildman–Crippen MR) is 121 cm³/mol. The maximum Gasteiger partial charge on any atom is 0.417 e. The Balaban J connectivity index is 1.70. The topological polar surface area (TPSA) is 24.9 Å². The van der Waals surface area contributed by atoms with Crippen molar-refractivity contribution in [3.8, 4) is 11.1 Å². The van der Waals surface area contributed by atoms with Crippen LogP contribution < -0.4 is 5.32 Å². The van der Waals surface area contributed by atoms with Crippen molar-refractivity contribution in [3.05, 3.63) is 90.1 Å². The Kier molecular flexibility index (Phi) is 5.21. The van der Waals surface area contributed by atoms with Gasteiger partial charge in [-0.05, 0) is 52.4 Å². The van der Waals surface area contributed by atoms with Crippen LogP contribution in [0.4, 0.5) is 24.5 Å². The Labute approximate surface area is 179 Å². The SMILES string of the molecule is CC(C)(C)c1ccc(Nc2ccnc3cc(-c4ccccc4C(F)(F)F)ccc23)cc1. The third kappa shape index (κ3) is 4.41. The number of aromatic nitrogens is 1. The smallest absolute Gasteiger partial charge is 0.355 e. The molecule has 0 bridgehead atoms. The van der Waals surface area contributed by atoms with Crippen LogP contribution in [0.3, 0.4) is 0 Å². The zero-order valence-electron chi connectivity index (χ0n) is 17.6. The lowest BCUT2D eigenvalue weighted by molar-refractivity contribution is -0.137. The summed E-state index contributed by atoms with van der Waals surface area (Å²) in [5.74, 6) is 0. The van der Waals surface area contributed by atoms with E-state index in [9.17, 15) is 13.2 Å². The Morgan fingerprint density at radius 3 is 2.19 bits per heavy atom. The lowest BCUT2D eigenvalue weighted by atomic mass is 9.87. The molecule has 1 aromatic heterocycles. The molecule has 0 spiro atoms. The van der Waals surface area contributed by atoms with E-state index in [-0.39, 0.29) is 11.0 Å². The Bertz CT molecular complexity index is 1220. The monoisotopic (exact) mass is 420 g/mol. The molecule has 0 amide bonds. The van der Waals surface area contributed by atoms with Gasteiger partial charge in [0.05, 0.1) is 11.1 Å². The summed E-state index contributed by atoms with van der Waals surface area (Å²) in [6, 6.07) is 20.9. The van der Waals surface area contributed by atoms with Gasteiger partial charge in [-0.2, -0.15) is 13.2 Å². The van der Waals surface area contributed by atoms with Gasteiger partial charge in [-0.3, -0.25) is 4.98 Å². The van der Waals surface area contributed by atoms with Crippen LogP contribution in [0.2, 0.25) is 0 Å². The highest BCUT2D eigenvalue weighted by atomic mass is 19.4. The summed E-state index contributed by atoms with van der Waals surface area (Å²) >= 11 is 0. The molecule has 3 aromatic carbocycles. The number of nitrogens with one attached hydrogen (secondary N) is 1. The number of nitrogens with zero attached hydrogens (tertiary/aromatic N) is 1. The third-order valence-electron chi connectivity index (χ3n) is 5.32. The molecular formula is C26H23F3N2. The molecule has 0 saturated heterocycles. The fourth-order valence-electron chi connectivity index (χ4n) is 3.62. The zero-order chi connectivity index (χ0) is 22.2. The van der Waals surface area contributed by atoms with Gasteiger partial charge in [-0.1, -0.05) is 63.2 Å². The molecule has 31 heavy (non-hydrogen) atoms. The first-order valence-corrected chi connectivity index (χ1v) is 10.1. The summed E-state index contributed by atoms with van der Waals surface area (Å²) in [5.41, 5.74) is 3.72. The molecule has 0 saturated carbocycles. The quantitative estimate of drug-likeness (QED) is 0.364. The highest BCUT2D eigenvalue weighted by molar-refractivity contribution is 5.95. The third-order valence-corrected chi connectivity index (χ3v) is 5.32. The number of hydrogen-bond acceptors (Lipinski definition) is 2. The van der Waals surface area contributed by atoms with Crippen LogP contribution in [0, 0.1) is 0 Å². The fourth-order valence-corrected chi connectivity index (χ4v) is 3.62. The zero-order valence-corrected chi connectivity index (χ0v) is 17.6. The van der Waals surface area contributed by atoms with Crippen molar-refractivity contribution in [3.63, 3.8) is 0 Å². The molecule has 4 aromatic rings. The van der Waals surface area contributed by atoms with Gasteiger partial charge >= 0.3 is 6.18 Å². The highest BCUT2D eigenvalue weighted by Crippen LogP contribution is 2.38. The molecule has 5 heteroatoms. The van der Waals surface area contributed by atoms with E-state index in [0.717, 1.165) is 22.8 Å². The van der Waals surface area contributed by atoms with E-state index in [1.807, 2.05) is 24.3 Å². The Hall–Kier alpha value is -3.34. The lowest BCUT2D eigenvalue weighted by Crippen LogP contribution is -2.10. The molecule has 2 nitrogen and oxygen atoms in total. The van der Waals surface area contributed by atoms with Crippen LogP contribution in [0.15, 0.2) is 79.0 Å². The summed E-state index contributed by atoms with van der Waals surface area (Å²) in [6.07, 6.45) is -2.75. The number of rotatable bonds is 3. The first-order valence-electron chi connectivity index (χ1n) is 10.1. The van der Waals surface area contributed by atoms with Crippen molar-refractivity contribution >= 4 is 22.3 Å². The average Bonchev–Trinajstić information content (AvgIpc) is 2.73. The van der Waals surface area contributed by atoms with Crippen LogP contribution in [-0.4, -0.2) is 4.98 Å². The number of fused-ring (bicyclic) bond motifs is 1. The first-order chi connectivity index (χ1) is 14.6. The Morgan fingerprint density at radius 2 is 1.52 bits per heavy atom. The van der Waals surface area contributed by atoms with Crippen LogP contribution in [0.1, 0.15) is 31.9 Å². The second kappa shape index (κ2) is 7.73. The maximum absolute atomic E-state index is 13.4. The second-order valence-corrected chi connectivity index (χ2v) is 8.59. The summed E-state index contributed by atoms with van der Waals surface area (Å²) in [5, 5.41) is 4.24. The number of anilines is 2. The summed E-state index contributed by atoms with van der Waals surface area (Å²) < 4.78 is 40.3. The molecule has 0 unspecified atom stereocenters. The summed E-state index contributed by atoms with van der Waals surface area (Å²) in [4.78, 5) is 4.39. The number of hydrogen-bond donors (Lipinski definition) is 1. The molecule has 0 aliphatic rings. The number of pyridine rings is 1. The van der Waals surface area contributed by atoms with Crippen LogP contribution in [0.25, 0.3) is 22.0 Å². The van der Waals surface area contributed by atoms with E-state index < -0.39 is 11.7 Å². The van der Waals surface area contributed by atoms with E-state index in [0.29, 0.717) is 11.1 Å².